The first-order valence-corrected chi connectivity index (χ1v) is 15.4. The maximum Gasteiger partial charge on any atom is 0.167 e. The summed E-state index contributed by atoms with van der Waals surface area (Å²) in [5.41, 5.74) is 8.02. The normalized spacial score (nSPS) is 11.7. The van der Waals surface area contributed by atoms with Gasteiger partial charge in [-0.15, -0.1) is 0 Å². The van der Waals surface area contributed by atoms with E-state index in [1.165, 1.54) is 0 Å². The highest BCUT2D eigenvalue weighted by Gasteiger charge is 2.20. The molecule has 212 valence electrons. The fourth-order valence-corrected chi connectivity index (χ4v) is 6.35. The minimum atomic E-state index is 0.543. The Labute approximate surface area is 266 Å². The molecule has 0 radical (unpaired) electrons. The number of aromatic nitrogens is 3. The van der Waals surface area contributed by atoms with Crippen LogP contribution in [0.4, 0.5) is 0 Å². The molecule has 0 unspecified atom stereocenters. The zero-order chi connectivity index (χ0) is 29.9. The Morgan fingerprint density at radius 3 is 1.71 bits per heavy atom. The van der Waals surface area contributed by atoms with E-state index in [2.05, 4.69) is 70.5 Å². The lowest BCUT2D eigenvalue weighted by Crippen LogP contribution is -2.00. The van der Waals surface area contributed by atoms with E-state index in [9.17, 15) is 0 Å². The quantitative estimate of drug-likeness (QED) is 0.191. The molecule has 6 aromatic carbocycles. The van der Waals surface area contributed by atoms with Gasteiger partial charge in [-0.25, -0.2) is 15.0 Å². The van der Waals surface area contributed by atoms with E-state index < -0.39 is 0 Å². The van der Waals surface area contributed by atoms with Crippen molar-refractivity contribution in [2.45, 2.75) is 0 Å². The van der Waals surface area contributed by atoms with Gasteiger partial charge in [0.1, 0.15) is 22.3 Å². The molecule has 0 spiro atoms. The van der Waals surface area contributed by atoms with E-state index in [-0.39, 0.29) is 0 Å². The molecule has 6 heteroatoms. The number of benzene rings is 6. The summed E-state index contributed by atoms with van der Waals surface area (Å²) in [4.78, 5) is 15.2. The summed E-state index contributed by atoms with van der Waals surface area (Å²) < 4.78 is 13.7. The topological polar surface area (TPSA) is 65.0 Å². The molecule has 0 aliphatic heterocycles. The van der Waals surface area contributed by atoms with E-state index in [0.717, 1.165) is 76.2 Å². The number of rotatable bonds is 4. The first kappa shape index (κ1) is 25.9. The van der Waals surface area contributed by atoms with Gasteiger partial charge in [0.05, 0.1) is 5.56 Å². The monoisotopic (exact) mass is 643 g/mol. The van der Waals surface area contributed by atoms with E-state index in [1.807, 2.05) is 78.9 Å². The van der Waals surface area contributed by atoms with Gasteiger partial charge in [0, 0.05) is 37.1 Å². The second-order valence-electron chi connectivity index (χ2n) is 10.9. The maximum atomic E-state index is 6.40. The lowest BCUT2D eigenvalue weighted by Gasteiger charge is -2.10. The van der Waals surface area contributed by atoms with Crippen molar-refractivity contribution >= 4 is 59.8 Å². The van der Waals surface area contributed by atoms with Gasteiger partial charge in [0.2, 0.25) is 0 Å². The third-order valence-electron chi connectivity index (χ3n) is 8.24. The first-order valence-electron chi connectivity index (χ1n) is 14.6. The zero-order valence-corrected chi connectivity index (χ0v) is 25.3. The Kier molecular flexibility index (Phi) is 5.89. The van der Waals surface area contributed by atoms with Gasteiger partial charge in [-0.3, -0.25) is 0 Å². The summed E-state index contributed by atoms with van der Waals surface area (Å²) in [5, 5.41) is 4.07. The Morgan fingerprint density at radius 2 is 0.933 bits per heavy atom. The van der Waals surface area contributed by atoms with E-state index in [4.69, 9.17) is 23.8 Å². The van der Waals surface area contributed by atoms with Crippen LogP contribution in [0.5, 0.6) is 0 Å². The van der Waals surface area contributed by atoms with Gasteiger partial charge < -0.3 is 8.83 Å². The van der Waals surface area contributed by atoms with Crippen molar-refractivity contribution in [1.29, 1.82) is 0 Å². The second-order valence-corrected chi connectivity index (χ2v) is 11.9. The molecule has 5 nitrogen and oxygen atoms in total. The molecule has 9 aromatic rings. The molecule has 3 heterocycles. The van der Waals surface area contributed by atoms with Crippen LogP contribution < -0.4 is 0 Å². The number of fused-ring (bicyclic) bond motifs is 6. The SMILES string of the molecule is Brc1ccc(-c2ccc(-c3nc(-c4cccc5c4oc4ccccc45)nc(-c4cccc5oc6ccccc6c45)n3)cc2)cc1. The standard InChI is InChI=1S/C39H22BrN3O2/c40-26-21-19-24(20-22-26)23-15-17-25(18-16-23)37-41-38(30-10-6-14-34-35(30)29-8-2-4-13-33(29)44-34)43-39(42-37)31-11-5-9-28-27-7-1-3-12-32(27)45-36(28)31/h1-22H. The number of para-hydroxylation sites is 3. The molecule has 3 aromatic heterocycles. The number of halogens is 1. The highest BCUT2D eigenvalue weighted by atomic mass is 79.9. The Morgan fingerprint density at radius 1 is 0.400 bits per heavy atom. The Bertz CT molecular complexity index is 2550. The first-order chi connectivity index (χ1) is 22.2. The highest BCUT2D eigenvalue weighted by Crippen LogP contribution is 2.38. The lowest BCUT2D eigenvalue weighted by atomic mass is 10.0. The maximum absolute atomic E-state index is 6.40. The average molecular weight is 645 g/mol. The summed E-state index contributed by atoms with van der Waals surface area (Å²) in [6, 6.07) is 44.9. The molecule has 0 saturated carbocycles. The highest BCUT2D eigenvalue weighted by molar-refractivity contribution is 9.10. The molecule has 0 bridgehead atoms. The van der Waals surface area contributed by atoms with Crippen LogP contribution in [0.25, 0.3) is 89.2 Å². The molecular formula is C39H22BrN3O2. The van der Waals surface area contributed by atoms with Crippen LogP contribution in [0, 0.1) is 0 Å². The number of hydrogen-bond acceptors (Lipinski definition) is 5. The molecule has 9 rings (SSSR count). The fourth-order valence-electron chi connectivity index (χ4n) is 6.08. The smallest absolute Gasteiger partial charge is 0.167 e. The summed E-state index contributed by atoms with van der Waals surface area (Å²) >= 11 is 3.53. The summed E-state index contributed by atoms with van der Waals surface area (Å²) in [6.07, 6.45) is 0. The van der Waals surface area contributed by atoms with E-state index in [0.29, 0.717) is 17.5 Å². The number of nitrogens with zero attached hydrogens (tertiary/aromatic N) is 3. The van der Waals surface area contributed by atoms with Crippen LogP contribution in [0.2, 0.25) is 0 Å². The van der Waals surface area contributed by atoms with Crippen molar-refractivity contribution in [3.05, 3.63) is 138 Å². The predicted molar refractivity (Wildman–Crippen MR) is 184 cm³/mol. The summed E-state index contributed by atoms with van der Waals surface area (Å²) in [7, 11) is 0. The zero-order valence-electron chi connectivity index (χ0n) is 23.7. The van der Waals surface area contributed by atoms with Gasteiger partial charge in [-0.1, -0.05) is 113 Å². The lowest BCUT2D eigenvalue weighted by molar-refractivity contribution is 0.668. The largest absolute Gasteiger partial charge is 0.456 e. The van der Waals surface area contributed by atoms with Crippen LogP contribution in [0.1, 0.15) is 0 Å². The Balaban J connectivity index is 1.28. The van der Waals surface area contributed by atoms with Crippen LogP contribution >= 0.6 is 15.9 Å². The number of hydrogen-bond donors (Lipinski definition) is 0. The van der Waals surface area contributed by atoms with Gasteiger partial charge in [0.15, 0.2) is 17.5 Å². The van der Waals surface area contributed by atoms with Crippen molar-refractivity contribution in [3.63, 3.8) is 0 Å². The second kappa shape index (κ2) is 10.3. The fraction of sp³-hybridized carbons (Fsp3) is 0. The molecule has 0 fully saturated rings. The summed E-state index contributed by atoms with van der Waals surface area (Å²) in [5.74, 6) is 1.69. The van der Waals surface area contributed by atoms with Crippen LogP contribution in [-0.2, 0) is 0 Å². The van der Waals surface area contributed by atoms with Crippen LogP contribution in [-0.4, -0.2) is 15.0 Å². The molecule has 0 aliphatic carbocycles. The molecule has 0 atom stereocenters. The molecule has 45 heavy (non-hydrogen) atoms. The van der Waals surface area contributed by atoms with Gasteiger partial charge in [-0.2, -0.15) is 0 Å². The minimum absolute atomic E-state index is 0.543. The molecular weight excluding hydrogens is 622 g/mol. The van der Waals surface area contributed by atoms with Crippen molar-refractivity contribution in [1.82, 2.24) is 15.0 Å². The number of furan rings is 2. The van der Waals surface area contributed by atoms with Crippen LogP contribution in [0.15, 0.2) is 147 Å². The molecule has 0 aliphatic rings. The minimum Gasteiger partial charge on any atom is -0.456 e. The van der Waals surface area contributed by atoms with Gasteiger partial charge in [0.25, 0.3) is 0 Å². The van der Waals surface area contributed by atoms with Crippen molar-refractivity contribution < 1.29 is 8.83 Å². The summed E-state index contributed by atoms with van der Waals surface area (Å²) in [6.45, 7) is 0. The van der Waals surface area contributed by atoms with Crippen molar-refractivity contribution in [2.75, 3.05) is 0 Å². The average Bonchev–Trinajstić information content (AvgIpc) is 3.67. The van der Waals surface area contributed by atoms with E-state index >= 15 is 0 Å². The van der Waals surface area contributed by atoms with Gasteiger partial charge >= 0.3 is 0 Å². The molecule has 0 N–H and O–H groups in total. The van der Waals surface area contributed by atoms with Crippen molar-refractivity contribution in [2.24, 2.45) is 0 Å². The predicted octanol–water partition coefficient (Wildman–Crippen LogP) is 11.1. The molecule has 0 saturated heterocycles. The molecule has 0 amide bonds. The Hall–Kier alpha value is -5.59. The third kappa shape index (κ3) is 4.33. The van der Waals surface area contributed by atoms with Crippen LogP contribution in [0.3, 0.4) is 0 Å². The third-order valence-corrected chi connectivity index (χ3v) is 8.77. The van der Waals surface area contributed by atoms with Gasteiger partial charge in [-0.05, 0) is 47.5 Å². The van der Waals surface area contributed by atoms with Crippen molar-refractivity contribution in [3.8, 4) is 45.3 Å². The van der Waals surface area contributed by atoms with E-state index in [1.54, 1.807) is 0 Å².